The summed E-state index contributed by atoms with van der Waals surface area (Å²) in [6.45, 7) is 2.71. The number of benzene rings is 1. The van der Waals surface area contributed by atoms with E-state index in [1.165, 1.54) is 16.9 Å². The first kappa shape index (κ1) is 15.8. The summed E-state index contributed by atoms with van der Waals surface area (Å²) < 4.78 is 28.8. The number of alkyl halides is 2. The predicted octanol–water partition coefficient (Wildman–Crippen LogP) is 3.48. The summed E-state index contributed by atoms with van der Waals surface area (Å²) in [5.74, 6) is -2.01. The molecule has 1 aromatic carbocycles. The maximum atomic E-state index is 13.5. The molecule has 0 atom stereocenters. The molecule has 2 aromatic heterocycles. The summed E-state index contributed by atoms with van der Waals surface area (Å²) in [6, 6.07) is 4.77. The number of nitrogen functional groups attached to an aromatic ring is 1. The Hall–Kier alpha value is -2.09. The molecule has 120 valence electrons. The fraction of sp³-hybridized carbons (Fsp3) is 0.267. The summed E-state index contributed by atoms with van der Waals surface area (Å²) in [5.41, 5.74) is 8.48. The molecule has 5 nitrogen and oxygen atoms in total. The third-order valence-electron chi connectivity index (χ3n) is 3.66. The van der Waals surface area contributed by atoms with E-state index in [4.69, 9.17) is 5.73 Å². The first-order chi connectivity index (χ1) is 10.8. The van der Waals surface area contributed by atoms with E-state index < -0.39 is 5.92 Å². The molecule has 0 aliphatic carbocycles. The zero-order valence-electron chi connectivity index (χ0n) is 12.5. The minimum atomic E-state index is -2.90. The zero-order chi connectivity index (χ0) is 16.8. The van der Waals surface area contributed by atoms with Gasteiger partial charge in [-0.1, -0.05) is 28.1 Å². The summed E-state index contributed by atoms with van der Waals surface area (Å²) >= 11 is 3.21. The number of anilines is 1. The third kappa shape index (κ3) is 2.90. The second kappa shape index (κ2) is 5.52. The van der Waals surface area contributed by atoms with E-state index in [2.05, 4.69) is 31.0 Å². The lowest BCUT2D eigenvalue weighted by molar-refractivity contribution is 0.0167. The van der Waals surface area contributed by atoms with Gasteiger partial charge in [0.05, 0.1) is 0 Å². The molecule has 0 radical (unpaired) electrons. The molecule has 0 saturated carbocycles. The standard InChI is InChI=1S/C15H14BrF2N5/c1-8-10(13(19)23-14(22-8)20-7-21-23)5-9-3-4-11(12(16)6-9)15(2,17)18/h3-4,6-7H,5,19H2,1-2H3. The van der Waals surface area contributed by atoms with Crippen molar-refractivity contribution < 1.29 is 8.78 Å². The van der Waals surface area contributed by atoms with E-state index in [9.17, 15) is 8.78 Å². The Morgan fingerprint density at radius 1 is 1.35 bits per heavy atom. The van der Waals surface area contributed by atoms with Crippen LogP contribution in [-0.2, 0) is 12.3 Å². The summed E-state index contributed by atoms with van der Waals surface area (Å²) in [6.07, 6.45) is 1.85. The van der Waals surface area contributed by atoms with Crippen LogP contribution in [0.25, 0.3) is 5.78 Å². The molecule has 0 aliphatic rings. The van der Waals surface area contributed by atoms with Crippen LogP contribution in [0, 0.1) is 6.92 Å². The first-order valence-corrected chi connectivity index (χ1v) is 7.68. The molecule has 23 heavy (non-hydrogen) atoms. The molecule has 0 spiro atoms. The van der Waals surface area contributed by atoms with Gasteiger partial charge >= 0.3 is 0 Å². The predicted molar refractivity (Wildman–Crippen MR) is 86.4 cm³/mol. The molecule has 2 heterocycles. The fourth-order valence-corrected chi connectivity index (χ4v) is 3.23. The normalized spacial score (nSPS) is 12.0. The van der Waals surface area contributed by atoms with Gasteiger partial charge in [0.25, 0.3) is 11.7 Å². The maximum Gasteiger partial charge on any atom is 0.271 e. The molecular weight excluding hydrogens is 368 g/mol. The van der Waals surface area contributed by atoms with Crippen LogP contribution in [0.2, 0.25) is 0 Å². The Kier molecular flexibility index (Phi) is 3.79. The molecule has 0 amide bonds. The quantitative estimate of drug-likeness (QED) is 0.753. The second-order valence-corrected chi connectivity index (χ2v) is 6.27. The third-order valence-corrected chi connectivity index (χ3v) is 4.31. The number of rotatable bonds is 3. The van der Waals surface area contributed by atoms with Crippen molar-refractivity contribution in [3.8, 4) is 0 Å². The van der Waals surface area contributed by atoms with Crippen molar-refractivity contribution in [1.82, 2.24) is 19.6 Å². The van der Waals surface area contributed by atoms with Crippen molar-refractivity contribution in [1.29, 1.82) is 0 Å². The number of nitrogens with zero attached hydrogens (tertiary/aromatic N) is 4. The highest BCUT2D eigenvalue weighted by Crippen LogP contribution is 2.34. The van der Waals surface area contributed by atoms with Gasteiger partial charge in [0, 0.05) is 34.6 Å². The van der Waals surface area contributed by atoms with Gasteiger partial charge in [-0.3, -0.25) is 0 Å². The molecule has 0 bridgehead atoms. The molecule has 2 N–H and O–H groups in total. The summed E-state index contributed by atoms with van der Waals surface area (Å²) in [7, 11) is 0. The van der Waals surface area contributed by atoms with Gasteiger partial charge in [0.2, 0.25) is 0 Å². The smallest absolute Gasteiger partial charge is 0.271 e. The van der Waals surface area contributed by atoms with E-state index >= 15 is 0 Å². The summed E-state index contributed by atoms with van der Waals surface area (Å²) in [5, 5.41) is 4.04. The van der Waals surface area contributed by atoms with Crippen molar-refractivity contribution in [2.75, 3.05) is 5.73 Å². The molecule has 8 heteroatoms. The SMILES string of the molecule is Cc1nc2ncnn2c(N)c1Cc1ccc(C(C)(F)F)c(Br)c1. The average Bonchev–Trinajstić information content (AvgIpc) is 2.90. The van der Waals surface area contributed by atoms with E-state index in [-0.39, 0.29) is 5.56 Å². The maximum absolute atomic E-state index is 13.5. The Morgan fingerprint density at radius 2 is 2.09 bits per heavy atom. The second-order valence-electron chi connectivity index (χ2n) is 5.41. The van der Waals surface area contributed by atoms with Crippen LogP contribution in [0.5, 0.6) is 0 Å². The Morgan fingerprint density at radius 3 is 2.74 bits per heavy atom. The average molecular weight is 382 g/mol. The van der Waals surface area contributed by atoms with E-state index in [0.29, 0.717) is 22.5 Å². The van der Waals surface area contributed by atoms with Crippen LogP contribution in [0.3, 0.4) is 0 Å². The minimum absolute atomic E-state index is 0.0456. The van der Waals surface area contributed by atoms with Crippen LogP contribution in [0.15, 0.2) is 29.0 Å². The molecule has 3 aromatic rings. The highest BCUT2D eigenvalue weighted by molar-refractivity contribution is 9.10. The summed E-state index contributed by atoms with van der Waals surface area (Å²) in [4.78, 5) is 8.36. The van der Waals surface area contributed by atoms with Crippen LogP contribution in [-0.4, -0.2) is 19.6 Å². The molecule has 0 unspecified atom stereocenters. The zero-order valence-corrected chi connectivity index (χ0v) is 14.1. The Bertz CT molecular complexity index is 885. The number of hydrogen-bond acceptors (Lipinski definition) is 4. The van der Waals surface area contributed by atoms with Gasteiger partial charge in [-0.15, -0.1) is 0 Å². The lowest BCUT2D eigenvalue weighted by Crippen LogP contribution is -2.10. The van der Waals surface area contributed by atoms with Crippen molar-refractivity contribution >= 4 is 27.5 Å². The Balaban J connectivity index is 2.01. The van der Waals surface area contributed by atoms with Gasteiger partial charge in [0.15, 0.2) is 0 Å². The van der Waals surface area contributed by atoms with Crippen LogP contribution in [0.4, 0.5) is 14.6 Å². The van der Waals surface area contributed by atoms with Gasteiger partial charge in [-0.25, -0.2) is 13.8 Å². The first-order valence-electron chi connectivity index (χ1n) is 6.89. The van der Waals surface area contributed by atoms with E-state index in [1.807, 2.05) is 6.92 Å². The molecule has 0 saturated heterocycles. The highest BCUT2D eigenvalue weighted by Gasteiger charge is 2.27. The van der Waals surface area contributed by atoms with Gasteiger partial charge in [-0.2, -0.15) is 14.6 Å². The van der Waals surface area contributed by atoms with Crippen molar-refractivity contribution in [2.45, 2.75) is 26.2 Å². The fourth-order valence-electron chi connectivity index (χ4n) is 2.46. The monoisotopic (exact) mass is 381 g/mol. The lowest BCUT2D eigenvalue weighted by Gasteiger charge is -2.15. The highest BCUT2D eigenvalue weighted by atomic mass is 79.9. The van der Waals surface area contributed by atoms with Crippen molar-refractivity contribution in [2.24, 2.45) is 0 Å². The van der Waals surface area contributed by atoms with Crippen LogP contribution >= 0.6 is 15.9 Å². The Labute approximate surface area is 139 Å². The van der Waals surface area contributed by atoms with Gasteiger partial charge in [-0.05, 0) is 18.6 Å². The number of fused-ring (bicyclic) bond motifs is 1. The van der Waals surface area contributed by atoms with Crippen LogP contribution < -0.4 is 5.73 Å². The van der Waals surface area contributed by atoms with E-state index in [1.54, 1.807) is 12.1 Å². The minimum Gasteiger partial charge on any atom is -0.383 e. The number of nitrogens with two attached hydrogens (primary N) is 1. The lowest BCUT2D eigenvalue weighted by atomic mass is 10.0. The van der Waals surface area contributed by atoms with Gasteiger partial charge < -0.3 is 5.73 Å². The molecule has 3 rings (SSSR count). The molecular formula is C15H14BrF2N5. The van der Waals surface area contributed by atoms with Crippen molar-refractivity contribution in [3.05, 3.63) is 51.4 Å². The van der Waals surface area contributed by atoms with E-state index in [0.717, 1.165) is 23.7 Å². The number of aryl methyl sites for hydroxylation is 1. The molecule has 0 aliphatic heterocycles. The largest absolute Gasteiger partial charge is 0.383 e. The topological polar surface area (TPSA) is 69.1 Å². The van der Waals surface area contributed by atoms with Crippen molar-refractivity contribution in [3.63, 3.8) is 0 Å². The number of halogens is 3. The number of hydrogen-bond donors (Lipinski definition) is 1. The van der Waals surface area contributed by atoms with Gasteiger partial charge in [0.1, 0.15) is 12.1 Å². The number of aromatic nitrogens is 4. The molecule has 0 fully saturated rings. The van der Waals surface area contributed by atoms with Crippen LogP contribution in [0.1, 0.15) is 29.3 Å².